The van der Waals surface area contributed by atoms with Crippen LogP contribution < -0.4 is 5.32 Å². The van der Waals surface area contributed by atoms with Crippen LogP contribution >= 0.6 is 0 Å². The van der Waals surface area contributed by atoms with Gasteiger partial charge >= 0.3 is 0 Å². The van der Waals surface area contributed by atoms with Crippen molar-refractivity contribution < 1.29 is 14.6 Å². The van der Waals surface area contributed by atoms with E-state index in [1.54, 1.807) is 7.11 Å². The predicted molar refractivity (Wildman–Crippen MR) is 73.0 cm³/mol. The van der Waals surface area contributed by atoms with E-state index < -0.39 is 6.10 Å². The van der Waals surface area contributed by atoms with Crippen LogP contribution in [0.15, 0.2) is 6.20 Å². The Balaban J connectivity index is 2.18. The highest BCUT2D eigenvalue weighted by Crippen LogP contribution is 2.06. The van der Waals surface area contributed by atoms with Gasteiger partial charge < -0.3 is 19.9 Å². The van der Waals surface area contributed by atoms with Gasteiger partial charge in [-0.05, 0) is 6.42 Å². The molecule has 1 heterocycles. The fourth-order valence-electron chi connectivity index (χ4n) is 1.82. The molecular weight excluding hydrogens is 246 g/mol. The molecular formula is C13H25N3O3. The molecule has 110 valence electrons. The lowest BCUT2D eigenvalue weighted by molar-refractivity contribution is 0.0137. The summed E-state index contributed by atoms with van der Waals surface area (Å²) in [5, 5.41) is 17.3. The summed E-state index contributed by atoms with van der Waals surface area (Å²) in [6, 6.07) is 0. The number of nitrogens with zero attached hydrogens (tertiary/aromatic N) is 2. The van der Waals surface area contributed by atoms with Crippen LogP contribution in [0.25, 0.3) is 0 Å². The van der Waals surface area contributed by atoms with Gasteiger partial charge in [0.05, 0.1) is 31.6 Å². The first-order valence-electron chi connectivity index (χ1n) is 6.64. The van der Waals surface area contributed by atoms with Crippen LogP contribution in [-0.2, 0) is 29.5 Å². The van der Waals surface area contributed by atoms with Crippen molar-refractivity contribution in [2.24, 2.45) is 7.05 Å². The van der Waals surface area contributed by atoms with Crippen LogP contribution in [0.1, 0.15) is 18.2 Å². The minimum absolute atomic E-state index is 0.323. The van der Waals surface area contributed by atoms with Crippen LogP contribution in [0, 0.1) is 0 Å². The van der Waals surface area contributed by atoms with Gasteiger partial charge in [0, 0.05) is 39.0 Å². The molecule has 1 aromatic heterocycles. The Kier molecular flexibility index (Phi) is 7.66. The summed E-state index contributed by atoms with van der Waals surface area (Å²) in [5.41, 5.74) is 2.28. The normalized spacial score (nSPS) is 12.8. The molecule has 0 bridgehead atoms. The highest BCUT2D eigenvalue weighted by atomic mass is 16.5. The smallest absolute Gasteiger partial charge is 0.0897 e. The molecule has 6 heteroatoms. The van der Waals surface area contributed by atoms with E-state index in [0.717, 1.165) is 12.1 Å². The SMILES string of the molecule is CCc1nn(C)cc1CNCC(O)COCCOC. The number of hydrogen-bond donors (Lipinski definition) is 2. The Bertz CT molecular complexity index is 355. The third-order valence-electron chi connectivity index (χ3n) is 2.76. The molecule has 0 fully saturated rings. The number of aromatic nitrogens is 2. The van der Waals surface area contributed by atoms with Crippen LogP contribution in [-0.4, -0.2) is 54.5 Å². The van der Waals surface area contributed by atoms with Gasteiger partial charge in [-0.3, -0.25) is 4.68 Å². The summed E-state index contributed by atoms with van der Waals surface area (Å²) in [4.78, 5) is 0. The lowest BCUT2D eigenvalue weighted by Crippen LogP contribution is -2.30. The highest BCUT2D eigenvalue weighted by Gasteiger charge is 2.07. The van der Waals surface area contributed by atoms with E-state index in [1.165, 1.54) is 5.56 Å². The Morgan fingerprint density at radius 3 is 2.95 bits per heavy atom. The first-order chi connectivity index (χ1) is 9.17. The molecule has 0 saturated heterocycles. The van der Waals surface area contributed by atoms with Crippen molar-refractivity contribution in [1.82, 2.24) is 15.1 Å². The number of aliphatic hydroxyl groups is 1. The fraction of sp³-hybridized carbons (Fsp3) is 0.769. The number of rotatable bonds is 10. The summed E-state index contributed by atoms with van der Waals surface area (Å²) in [6.07, 6.45) is 2.42. The topological polar surface area (TPSA) is 68.5 Å². The average Bonchev–Trinajstić information content (AvgIpc) is 2.75. The zero-order valence-corrected chi connectivity index (χ0v) is 12.1. The number of methoxy groups -OCH3 is 1. The van der Waals surface area contributed by atoms with Crippen molar-refractivity contribution in [1.29, 1.82) is 0 Å². The van der Waals surface area contributed by atoms with Gasteiger partial charge in [-0.2, -0.15) is 5.10 Å². The van der Waals surface area contributed by atoms with Crippen LogP contribution in [0.5, 0.6) is 0 Å². The molecule has 0 aliphatic heterocycles. The minimum atomic E-state index is -0.501. The fourth-order valence-corrected chi connectivity index (χ4v) is 1.82. The van der Waals surface area contributed by atoms with E-state index in [4.69, 9.17) is 9.47 Å². The van der Waals surface area contributed by atoms with Gasteiger partial charge in [0.1, 0.15) is 0 Å². The van der Waals surface area contributed by atoms with Crippen LogP contribution in [0.2, 0.25) is 0 Å². The molecule has 0 saturated carbocycles. The molecule has 1 rings (SSSR count). The highest BCUT2D eigenvalue weighted by molar-refractivity contribution is 5.16. The summed E-state index contributed by atoms with van der Waals surface area (Å²) >= 11 is 0. The lowest BCUT2D eigenvalue weighted by atomic mass is 10.2. The van der Waals surface area contributed by atoms with E-state index in [2.05, 4.69) is 17.3 Å². The average molecular weight is 271 g/mol. The third kappa shape index (κ3) is 6.15. The van der Waals surface area contributed by atoms with E-state index in [0.29, 0.717) is 32.9 Å². The van der Waals surface area contributed by atoms with Gasteiger partial charge in [0.15, 0.2) is 0 Å². The van der Waals surface area contributed by atoms with Crippen molar-refractivity contribution in [3.8, 4) is 0 Å². The van der Waals surface area contributed by atoms with E-state index in [1.807, 2.05) is 17.9 Å². The molecule has 1 atom stereocenters. The first-order valence-corrected chi connectivity index (χ1v) is 6.64. The maximum absolute atomic E-state index is 9.71. The molecule has 19 heavy (non-hydrogen) atoms. The van der Waals surface area contributed by atoms with E-state index in [9.17, 15) is 5.11 Å². The summed E-state index contributed by atoms with van der Waals surface area (Å²) in [7, 11) is 3.54. The van der Waals surface area contributed by atoms with Gasteiger partial charge in [0.25, 0.3) is 0 Å². The second kappa shape index (κ2) is 9.03. The third-order valence-corrected chi connectivity index (χ3v) is 2.76. The molecule has 0 aromatic carbocycles. The van der Waals surface area contributed by atoms with Crippen molar-refractivity contribution >= 4 is 0 Å². The van der Waals surface area contributed by atoms with Gasteiger partial charge in [0.2, 0.25) is 0 Å². The molecule has 0 spiro atoms. The number of aryl methyl sites for hydroxylation is 2. The number of nitrogens with one attached hydrogen (secondary N) is 1. The number of hydrogen-bond acceptors (Lipinski definition) is 5. The first kappa shape index (κ1) is 16.1. The molecule has 2 N–H and O–H groups in total. The van der Waals surface area contributed by atoms with Crippen LogP contribution in [0.4, 0.5) is 0 Å². The molecule has 1 unspecified atom stereocenters. The largest absolute Gasteiger partial charge is 0.389 e. The van der Waals surface area contributed by atoms with Gasteiger partial charge in [-0.15, -0.1) is 0 Å². The molecule has 1 aromatic rings. The predicted octanol–water partition coefficient (Wildman–Crippen LogP) is 0.0960. The lowest BCUT2D eigenvalue weighted by Gasteiger charge is -2.12. The van der Waals surface area contributed by atoms with Crippen molar-refractivity contribution in [2.75, 3.05) is 33.5 Å². The zero-order valence-electron chi connectivity index (χ0n) is 12.1. The quantitative estimate of drug-likeness (QED) is 0.591. The molecule has 0 radical (unpaired) electrons. The number of ether oxygens (including phenoxy) is 2. The summed E-state index contributed by atoms with van der Waals surface area (Å²) < 4.78 is 11.9. The summed E-state index contributed by atoms with van der Waals surface area (Å²) in [5.74, 6) is 0. The summed E-state index contributed by atoms with van der Waals surface area (Å²) in [6.45, 7) is 4.69. The molecule has 0 aliphatic rings. The van der Waals surface area contributed by atoms with E-state index in [-0.39, 0.29) is 0 Å². The molecule has 0 aliphatic carbocycles. The van der Waals surface area contributed by atoms with Crippen molar-refractivity contribution in [3.63, 3.8) is 0 Å². The second-order valence-electron chi connectivity index (χ2n) is 4.48. The molecule has 6 nitrogen and oxygen atoms in total. The van der Waals surface area contributed by atoms with Gasteiger partial charge in [-0.1, -0.05) is 6.92 Å². The van der Waals surface area contributed by atoms with Crippen LogP contribution in [0.3, 0.4) is 0 Å². The van der Waals surface area contributed by atoms with E-state index >= 15 is 0 Å². The number of aliphatic hydroxyl groups excluding tert-OH is 1. The Hall–Kier alpha value is -0.950. The van der Waals surface area contributed by atoms with Crippen molar-refractivity contribution in [3.05, 3.63) is 17.5 Å². The Morgan fingerprint density at radius 1 is 1.47 bits per heavy atom. The maximum atomic E-state index is 9.71. The monoisotopic (exact) mass is 271 g/mol. The molecule has 0 amide bonds. The zero-order chi connectivity index (χ0) is 14.1. The standard InChI is InChI=1S/C13H25N3O3/c1-4-13-11(9-16(2)15-13)7-14-8-12(17)10-19-6-5-18-3/h9,12,14,17H,4-8,10H2,1-3H3. The second-order valence-corrected chi connectivity index (χ2v) is 4.48. The van der Waals surface area contributed by atoms with Crippen molar-refractivity contribution in [2.45, 2.75) is 26.0 Å². The Morgan fingerprint density at radius 2 is 2.26 bits per heavy atom. The minimum Gasteiger partial charge on any atom is -0.389 e. The maximum Gasteiger partial charge on any atom is 0.0897 e. The Labute approximate surface area is 114 Å². The van der Waals surface area contributed by atoms with Gasteiger partial charge in [-0.25, -0.2) is 0 Å².